The summed E-state index contributed by atoms with van der Waals surface area (Å²) in [6.45, 7) is 0.00313. The zero-order valence-corrected chi connectivity index (χ0v) is 31.3. The molecule has 9 aromatic rings. The van der Waals surface area contributed by atoms with E-state index in [1.54, 1.807) is 0 Å². The van der Waals surface area contributed by atoms with Gasteiger partial charge in [0.1, 0.15) is 0 Å². The number of nitrogens with zero attached hydrogens (tertiary/aromatic N) is 2. The van der Waals surface area contributed by atoms with E-state index in [0.717, 1.165) is 11.4 Å². The van der Waals surface area contributed by atoms with Crippen molar-refractivity contribution in [2.24, 2.45) is 0 Å². The lowest BCUT2D eigenvalue weighted by Gasteiger charge is -2.45. The first-order valence-electron chi connectivity index (χ1n) is 19.7. The molecule has 266 valence electrons. The summed E-state index contributed by atoms with van der Waals surface area (Å²) < 4.78 is 0. The van der Waals surface area contributed by atoms with Crippen LogP contribution in [0.3, 0.4) is 0 Å². The third-order valence-electron chi connectivity index (χ3n) is 11.6. The lowest BCUT2D eigenvalue weighted by molar-refractivity contribution is 1.25. The Labute approximate surface area is 334 Å². The molecule has 0 saturated heterocycles. The molecule has 0 atom stereocenters. The molecule has 0 aliphatic carbocycles. The molecular formula is C54H37BN2. The second kappa shape index (κ2) is 13.7. The molecule has 57 heavy (non-hydrogen) atoms. The Kier molecular flexibility index (Phi) is 7.96. The molecule has 0 aromatic heterocycles. The zero-order chi connectivity index (χ0) is 37.7. The molecule has 11 rings (SSSR count). The normalized spacial score (nSPS) is 12.5. The zero-order valence-electron chi connectivity index (χ0n) is 31.3. The van der Waals surface area contributed by atoms with Gasteiger partial charge in [-0.25, -0.2) is 0 Å². The average molecular weight is 725 g/mol. The van der Waals surface area contributed by atoms with Crippen LogP contribution in [0.5, 0.6) is 0 Å². The molecule has 9 aromatic carbocycles. The Morgan fingerprint density at radius 1 is 0.281 bits per heavy atom. The number of fused-ring (bicyclic) bond motifs is 4. The predicted molar refractivity (Wildman–Crippen MR) is 242 cm³/mol. The van der Waals surface area contributed by atoms with E-state index in [4.69, 9.17) is 0 Å². The number of benzene rings is 9. The van der Waals surface area contributed by atoms with Crippen molar-refractivity contribution < 1.29 is 0 Å². The van der Waals surface area contributed by atoms with Crippen LogP contribution in [0, 0.1) is 0 Å². The van der Waals surface area contributed by atoms with Gasteiger partial charge in [0.25, 0.3) is 6.71 Å². The fraction of sp³-hybridized carbons (Fsp3) is 0. The standard InChI is InChI=1S/C54H37BN2/c1-5-18-38(19-6-1)42-26-15-27-44(36-42)56-50-32-17-33-51-53(50)55(47-35-34-43(37-52(47)56)39-20-7-2-8-21-39)48-30-16-29-46(41-24-11-4-12-25-41)54(48)57(51)49-31-14-13-28-45(49)40-22-9-3-10-23-40/h1-37H. The van der Waals surface area contributed by atoms with E-state index in [1.165, 1.54) is 83.6 Å². The summed E-state index contributed by atoms with van der Waals surface area (Å²) in [5.74, 6) is 0. The first kappa shape index (κ1) is 33.0. The fourth-order valence-electron chi connectivity index (χ4n) is 9.16. The number of hydrogen-bond donors (Lipinski definition) is 0. The molecule has 2 heterocycles. The maximum Gasteiger partial charge on any atom is 0.252 e. The largest absolute Gasteiger partial charge is 0.311 e. The highest BCUT2D eigenvalue weighted by atomic mass is 15.2. The van der Waals surface area contributed by atoms with Crippen LogP contribution < -0.4 is 26.2 Å². The molecule has 0 spiro atoms. The van der Waals surface area contributed by atoms with E-state index < -0.39 is 0 Å². The van der Waals surface area contributed by atoms with E-state index >= 15 is 0 Å². The van der Waals surface area contributed by atoms with Gasteiger partial charge in [-0.15, -0.1) is 0 Å². The monoisotopic (exact) mass is 724 g/mol. The van der Waals surface area contributed by atoms with E-state index in [1.807, 2.05) is 0 Å². The number of hydrogen-bond acceptors (Lipinski definition) is 2. The summed E-state index contributed by atoms with van der Waals surface area (Å²) in [5.41, 5.74) is 20.6. The highest BCUT2D eigenvalue weighted by Gasteiger charge is 2.44. The Balaban J connectivity index is 1.22. The van der Waals surface area contributed by atoms with Gasteiger partial charge in [-0.3, -0.25) is 0 Å². The van der Waals surface area contributed by atoms with Crippen LogP contribution in [-0.4, -0.2) is 6.71 Å². The van der Waals surface area contributed by atoms with Crippen LogP contribution >= 0.6 is 0 Å². The van der Waals surface area contributed by atoms with Gasteiger partial charge >= 0.3 is 0 Å². The van der Waals surface area contributed by atoms with Gasteiger partial charge in [0.15, 0.2) is 0 Å². The molecule has 0 N–H and O–H groups in total. The van der Waals surface area contributed by atoms with Gasteiger partial charge in [0.2, 0.25) is 0 Å². The smallest absolute Gasteiger partial charge is 0.252 e. The van der Waals surface area contributed by atoms with Crippen molar-refractivity contribution >= 4 is 57.2 Å². The van der Waals surface area contributed by atoms with Gasteiger partial charge in [0, 0.05) is 39.6 Å². The summed E-state index contributed by atoms with van der Waals surface area (Å²) in [6, 6.07) is 82.0. The Morgan fingerprint density at radius 2 is 0.772 bits per heavy atom. The topological polar surface area (TPSA) is 6.48 Å². The van der Waals surface area contributed by atoms with Crippen molar-refractivity contribution in [1.29, 1.82) is 0 Å². The number of anilines is 6. The summed E-state index contributed by atoms with van der Waals surface area (Å²) in [5, 5.41) is 0. The summed E-state index contributed by atoms with van der Waals surface area (Å²) >= 11 is 0. The molecule has 0 fully saturated rings. The highest BCUT2D eigenvalue weighted by molar-refractivity contribution is 7.00. The maximum absolute atomic E-state index is 2.55. The first-order valence-corrected chi connectivity index (χ1v) is 19.7. The second-order valence-electron chi connectivity index (χ2n) is 14.9. The van der Waals surface area contributed by atoms with Crippen LogP contribution in [0.25, 0.3) is 44.5 Å². The van der Waals surface area contributed by atoms with E-state index in [9.17, 15) is 0 Å². The SMILES string of the molecule is c1ccc(-c2cccc(N3c4cc(-c5ccccc5)ccc4B4c5cccc(-c6ccccc6)c5N(c5ccccc5-c5ccccc5)c5cccc3c54)c2)cc1. The van der Waals surface area contributed by atoms with Gasteiger partial charge in [-0.1, -0.05) is 188 Å². The Hall–Kier alpha value is -7.36. The lowest BCUT2D eigenvalue weighted by atomic mass is 9.33. The summed E-state index contributed by atoms with van der Waals surface area (Å²) in [4.78, 5) is 5.06. The molecule has 2 aliphatic heterocycles. The first-order chi connectivity index (χ1) is 28.3. The minimum atomic E-state index is 0.00313. The summed E-state index contributed by atoms with van der Waals surface area (Å²) in [6.07, 6.45) is 0. The van der Waals surface area contributed by atoms with Gasteiger partial charge in [-0.2, -0.15) is 0 Å². The Morgan fingerprint density at radius 3 is 1.46 bits per heavy atom. The average Bonchev–Trinajstić information content (AvgIpc) is 3.30. The number of rotatable bonds is 6. The molecule has 0 bridgehead atoms. The van der Waals surface area contributed by atoms with Crippen molar-refractivity contribution in [3.8, 4) is 44.5 Å². The Bertz CT molecular complexity index is 2910. The van der Waals surface area contributed by atoms with E-state index in [-0.39, 0.29) is 6.71 Å². The van der Waals surface area contributed by atoms with Gasteiger partial charge < -0.3 is 9.80 Å². The number of para-hydroxylation sites is 2. The molecular weight excluding hydrogens is 687 g/mol. The van der Waals surface area contributed by atoms with Gasteiger partial charge in [0.05, 0.1) is 5.69 Å². The molecule has 0 saturated carbocycles. The molecule has 3 heteroatoms. The molecule has 0 radical (unpaired) electrons. The van der Waals surface area contributed by atoms with Crippen molar-refractivity contribution in [3.63, 3.8) is 0 Å². The van der Waals surface area contributed by atoms with Crippen LogP contribution in [0.2, 0.25) is 0 Å². The minimum Gasteiger partial charge on any atom is -0.311 e. The second-order valence-corrected chi connectivity index (χ2v) is 14.9. The van der Waals surface area contributed by atoms with Crippen molar-refractivity contribution in [3.05, 3.63) is 224 Å². The third-order valence-corrected chi connectivity index (χ3v) is 11.6. The van der Waals surface area contributed by atoms with E-state index in [2.05, 4.69) is 234 Å². The van der Waals surface area contributed by atoms with Crippen LogP contribution in [0.1, 0.15) is 0 Å². The maximum atomic E-state index is 2.55. The highest BCUT2D eigenvalue weighted by Crippen LogP contribution is 2.49. The molecule has 0 unspecified atom stereocenters. The van der Waals surface area contributed by atoms with Crippen molar-refractivity contribution in [1.82, 2.24) is 0 Å². The summed E-state index contributed by atoms with van der Waals surface area (Å²) in [7, 11) is 0. The van der Waals surface area contributed by atoms with Crippen LogP contribution in [0.15, 0.2) is 224 Å². The van der Waals surface area contributed by atoms with Gasteiger partial charge in [-0.05, 0) is 86.2 Å². The third kappa shape index (κ3) is 5.51. The molecule has 2 aliphatic rings. The minimum absolute atomic E-state index is 0.00313. The quantitative estimate of drug-likeness (QED) is 0.158. The molecule has 2 nitrogen and oxygen atoms in total. The van der Waals surface area contributed by atoms with Crippen LogP contribution in [0.4, 0.5) is 34.1 Å². The predicted octanol–water partition coefficient (Wildman–Crippen LogP) is 12.4. The lowest BCUT2D eigenvalue weighted by Crippen LogP contribution is -2.61. The van der Waals surface area contributed by atoms with Crippen molar-refractivity contribution in [2.75, 3.05) is 9.80 Å². The van der Waals surface area contributed by atoms with E-state index in [0.29, 0.717) is 0 Å². The fourth-order valence-corrected chi connectivity index (χ4v) is 9.16. The molecule has 0 amide bonds. The van der Waals surface area contributed by atoms with Crippen LogP contribution in [-0.2, 0) is 0 Å². The van der Waals surface area contributed by atoms with Crippen molar-refractivity contribution in [2.45, 2.75) is 0 Å².